The standard InChI is InChI=1S/C17H23N5O2/c1-2-21(12-15-5-9-24-13-15)17(23)19-11-14-4-7-18-16(10-14)22-8-3-6-20-22/h3-4,6-8,10,15H,2,5,9,11-13H2,1H3,(H,19,23)/t15-/m0/s1. The predicted octanol–water partition coefficient (Wildman–Crippen LogP) is 1.84. The molecule has 0 aliphatic carbocycles. The van der Waals surface area contributed by atoms with E-state index in [1.807, 2.05) is 36.2 Å². The molecule has 3 rings (SSSR count). The van der Waals surface area contributed by atoms with Gasteiger partial charge in [0.15, 0.2) is 5.82 Å². The van der Waals surface area contributed by atoms with Crippen LogP contribution in [0, 0.1) is 5.92 Å². The van der Waals surface area contributed by atoms with E-state index < -0.39 is 0 Å². The van der Waals surface area contributed by atoms with Gasteiger partial charge in [0.05, 0.1) is 6.61 Å². The number of carbonyl (C=O) groups excluding carboxylic acids is 1. The first-order chi connectivity index (χ1) is 11.8. The van der Waals surface area contributed by atoms with Crippen molar-refractivity contribution in [2.45, 2.75) is 19.9 Å². The smallest absolute Gasteiger partial charge is 0.317 e. The predicted molar refractivity (Wildman–Crippen MR) is 89.8 cm³/mol. The molecule has 1 aliphatic rings. The average Bonchev–Trinajstić information content (AvgIpc) is 3.31. The second-order valence-corrected chi connectivity index (χ2v) is 5.90. The molecule has 1 fully saturated rings. The summed E-state index contributed by atoms with van der Waals surface area (Å²) >= 11 is 0. The number of aromatic nitrogens is 3. The molecule has 128 valence electrons. The fraction of sp³-hybridized carbons (Fsp3) is 0.471. The van der Waals surface area contributed by atoms with Gasteiger partial charge < -0.3 is 15.0 Å². The topological polar surface area (TPSA) is 72.3 Å². The molecule has 0 saturated carbocycles. The minimum absolute atomic E-state index is 0.0400. The van der Waals surface area contributed by atoms with Crippen molar-refractivity contribution >= 4 is 6.03 Å². The minimum Gasteiger partial charge on any atom is -0.381 e. The zero-order valence-electron chi connectivity index (χ0n) is 13.9. The quantitative estimate of drug-likeness (QED) is 0.878. The van der Waals surface area contributed by atoms with Gasteiger partial charge in [0.1, 0.15) is 0 Å². The molecular formula is C17H23N5O2. The van der Waals surface area contributed by atoms with Gasteiger partial charge in [0, 0.05) is 50.7 Å². The van der Waals surface area contributed by atoms with E-state index in [0.717, 1.165) is 37.6 Å². The molecule has 2 amide bonds. The Balaban J connectivity index is 1.56. The molecule has 1 saturated heterocycles. The summed E-state index contributed by atoms with van der Waals surface area (Å²) in [5.41, 5.74) is 0.990. The summed E-state index contributed by atoms with van der Waals surface area (Å²) in [5, 5.41) is 7.15. The highest BCUT2D eigenvalue weighted by atomic mass is 16.5. The van der Waals surface area contributed by atoms with Crippen LogP contribution in [0.5, 0.6) is 0 Å². The van der Waals surface area contributed by atoms with Crippen molar-refractivity contribution < 1.29 is 9.53 Å². The van der Waals surface area contributed by atoms with E-state index in [1.165, 1.54) is 0 Å². The normalized spacial score (nSPS) is 17.0. The van der Waals surface area contributed by atoms with Gasteiger partial charge in [-0.05, 0) is 37.1 Å². The van der Waals surface area contributed by atoms with Gasteiger partial charge in [-0.1, -0.05) is 0 Å². The Morgan fingerprint density at radius 1 is 1.50 bits per heavy atom. The van der Waals surface area contributed by atoms with Gasteiger partial charge in [-0.2, -0.15) is 5.10 Å². The first kappa shape index (κ1) is 16.4. The van der Waals surface area contributed by atoms with Gasteiger partial charge >= 0.3 is 6.03 Å². The second kappa shape index (κ2) is 7.92. The number of nitrogens with zero attached hydrogens (tertiary/aromatic N) is 4. The van der Waals surface area contributed by atoms with Crippen LogP contribution in [0.25, 0.3) is 5.82 Å². The number of hydrogen-bond acceptors (Lipinski definition) is 4. The van der Waals surface area contributed by atoms with Crippen molar-refractivity contribution in [2.75, 3.05) is 26.3 Å². The molecule has 2 aromatic rings. The number of amides is 2. The molecule has 7 nitrogen and oxygen atoms in total. The third-order valence-corrected chi connectivity index (χ3v) is 4.16. The van der Waals surface area contributed by atoms with Crippen LogP contribution in [-0.2, 0) is 11.3 Å². The van der Waals surface area contributed by atoms with Crippen LogP contribution in [0.3, 0.4) is 0 Å². The average molecular weight is 329 g/mol. The van der Waals surface area contributed by atoms with E-state index in [2.05, 4.69) is 15.4 Å². The molecule has 1 N–H and O–H groups in total. The van der Waals surface area contributed by atoms with Crippen LogP contribution in [0.1, 0.15) is 18.9 Å². The first-order valence-corrected chi connectivity index (χ1v) is 8.31. The van der Waals surface area contributed by atoms with Crippen LogP contribution in [0.15, 0.2) is 36.8 Å². The molecule has 1 aliphatic heterocycles. The monoisotopic (exact) mass is 329 g/mol. The minimum atomic E-state index is -0.0400. The Bertz CT molecular complexity index is 653. The maximum Gasteiger partial charge on any atom is 0.317 e. The van der Waals surface area contributed by atoms with Crippen LogP contribution in [0.2, 0.25) is 0 Å². The summed E-state index contributed by atoms with van der Waals surface area (Å²) in [4.78, 5) is 18.5. The summed E-state index contributed by atoms with van der Waals surface area (Å²) in [6, 6.07) is 5.63. The number of carbonyl (C=O) groups is 1. The Morgan fingerprint density at radius 2 is 2.42 bits per heavy atom. The number of urea groups is 1. The van der Waals surface area contributed by atoms with E-state index in [0.29, 0.717) is 19.0 Å². The van der Waals surface area contributed by atoms with Crippen LogP contribution >= 0.6 is 0 Å². The van der Waals surface area contributed by atoms with E-state index in [9.17, 15) is 4.79 Å². The van der Waals surface area contributed by atoms with Crippen molar-refractivity contribution in [1.29, 1.82) is 0 Å². The third kappa shape index (κ3) is 4.11. The zero-order valence-corrected chi connectivity index (χ0v) is 13.9. The maximum absolute atomic E-state index is 12.4. The molecule has 0 radical (unpaired) electrons. The van der Waals surface area contributed by atoms with Crippen molar-refractivity contribution in [3.63, 3.8) is 0 Å². The summed E-state index contributed by atoms with van der Waals surface area (Å²) < 4.78 is 7.08. The van der Waals surface area contributed by atoms with Gasteiger partial charge in [-0.15, -0.1) is 0 Å². The fourth-order valence-corrected chi connectivity index (χ4v) is 2.78. The molecule has 7 heteroatoms. The van der Waals surface area contributed by atoms with Gasteiger partial charge in [0.2, 0.25) is 0 Å². The Hall–Kier alpha value is -2.41. The van der Waals surface area contributed by atoms with E-state index in [-0.39, 0.29) is 6.03 Å². The van der Waals surface area contributed by atoms with Gasteiger partial charge in [-0.3, -0.25) is 0 Å². The first-order valence-electron chi connectivity index (χ1n) is 8.31. The van der Waals surface area contributed by atoms with Crippen LogP contribution in [0.4, 0.5) is 4.79 Å². The number of rotatable bonds is 6. The summed E-state index contributed by atoms with van der Waals surface area (Å²) in [6.07, 6.45) is 6.31. The Morgan fingerprint density at radius 3 is 3.12 bits per heavy atom. The number of ether oxygens (including phenoxy) is 1. The molecule has 24 heavy (non-hydrogen) atoms. The van der Waals surface area contributed by atoms with Crippen molar-refractivity contribution in [2.24, 2.45) is 5.92 Å². The Labute approximate surface area is 141 Å². The molecule has 2 aromatic heterocycles. The lowest BCUT2D eigenvalue weighted by Crippen LogP contribution is -2.42. The zero-order chi connectivity index (χ0) is 16.8. The Kier molecular flexibility index (Phi) is 5.43. The molecule has 0 aromatic carbocycles. The van der Waals surface area contributed by atoms with Crippen LogP contribution in [-0.4, -0.2) is 52.0 Å². The largest absolute Gasteiger partial charge is 0.381 e. The third-order valence-electron chi connectivity index (χ3n) is 4.16. The van der Waals surface area contributed by atoms with E-state index in [4.69, 9.17) is 4.74 Å². The molecule has 0 bridgehead atoms. The maximum atomic E-state index is 12.4. The van der Waals surface area contributed by atoms with Crippen LogP contribution < -0.4 is 5.32 Å². The highest BCUT2D eigenvalue weighted by Crippen LogP contribution is 2.14. The summed E-state index contributed by atoms with van der Waals surface area (Å²) in [6.45, 7) is 5.46. The van der Waals surface area contributed by atoms with Gasteiger partial charge in [-0.25, -0.2) is 14.5 Å². The van der Waals surface area contributed by atoms with Crippen molar-refractivity contribution in [3.05, 3.63) is 42.4 Å². The lowest BCUT2D eigenvalue weighted by atomic mass is 10.1. The van der Waals surface area contributed by atoms with Gasteiger partial charge in [0.25, 0.3) is 0 Å². The number of hydrogen-bond donors (Lipinski definition) is 1. The molecule has 0 unspecified atom stereocenters. The number of pyridine rings is 1. The van der Waals surface area contributed by atoms with Crippen molar-refractivity contribution in [3.8, 4) is 5.82 Å². The highest BCUT2D eigenvalue weighted by molar-refractivity contribution is 5.74. The second-order valence-electron chi connectivity index (χ2n) is 5.90. The lowest BCUT2D eigenvalue weighted by molar-refractivity contribution is 0.166. The molecule has 3 heterocycles. The lowest BCUT2D eigenvalue weighted by Gasteiger charge is -2.24. The summed E-state index contributed by atoms with van der Waals surface area (Å²) in [5.74, 6) is 1.19. The number of nitrogens with one attached hydrogen (secondary N) is 1. The summed E-state index contributed by atoms with van der Waals surface area (Å²) in [7, 11) is 0. The van der Waals surface area contributed by atoms with E-state index >= 15 is 0 Å². The highest BCUT2D eigenvalue weighted by Gasteiger charge is 2.21. The van der Waals surface area contributed by atoms with E-state index in [1.54, 1.807) is 17.1 Å². The SMILES string of the molecule is CCN(C[C@@H]1CCOC1)C(=O)NCc1ccnc(-n2cccn2)c1. The van der Waals surface area contributed by atoms with Crippen molar-refractivity contribution in [1.82, 2.24) is 25.0 Å². The molecular weight excluding hydrogens is 306 g/mol. The molecule has 0 spiro atoms. The molecule has 1 atom stereocenters. The fourth-order valence-electron chi connectivity index (χ4n) is 2.78.